The molecule has 2 aromatic carbocycles. The average molecular weight is 277 g/mol. The smallest absolute Gasteiger partial charge is 0.130 e. The van der Waals surface area contributed by atoms with Crippen LogP contribution >= 0.6 is 11.6 Å². The molecule has 0 fully saturated rings. The fraction of sp³-hybridized carbons (Fsp3) is 0.250. The lowest BCUT2D eigenvalue weighted by molar-refractivity contribution is -0.709. The van der Waals surface area contributed by atoms with Crippen molar-refractivity contribution in [2.24, 2.45) is 0 Å². The number of hydrogen-bond acceptors (Lipinski definition) is 1. The van der Waals surface area contributed by atoms with E-state index >= 15 is 0 Å². The molecule has 0 saturated carbocycles. The van der Waals surface area contributed by atoms with E-state index in [9.17, 15) is 5.11 Å². The first-order chi connectivity index (χ1) is 9.18. The Balaban J connectivity index is 1.95. The van der Waals surface area contributed by atoms with Crippen LogP contribution in [0.1, 0.15) is 24.2 Å². The monoisotopic (exact) mass is 276 g/mol. The molecule has 3 N–H and O–H groups in total. The molecule has 0 unspecified atom stereocenters. The summed E-state index contributed by atoms with van der Waals surface area (Å²) in [6, 6.07) is 17.6. The average Bonchev–Trinajstić information content (AvgIpc) is 2.46. The van der Waals surface area contributed by atoms with Crippen molar-refractivity contribution in [3.8, 4) is 0 Å². The number of aliphatic hydroxyl groups is 1. The number of quaternary nitrogens is 1. The quantitative estimate of drug-likeness (QED) is 0.865. The summed E-state index contributed by atoms with van der Waals surface area (Å²) in [5.41, 5.74) is 2.04. The highest BCUT2D eigenvalue weighted by Crippen LogP contribution is 2.15. The highest BCUT2D eigenvalue weighted by Gasteiger charge is 2.19. The van der Waals surface area contributed by atoms with Gasteiger partial charge < -0.3 is 10.4 Å². The predicted octanol–water partition coefficient (Wildman–Crippen LogP) is 2.53. The number of aliphatic hydroxyl groups excluding tert-OH is 1. The molecule has 0 aromatic heterocycles. The normalized spacial score (nSPS) is 14.1. The molecule has 2 aromatic rings. The van der Waals surface area contributed by atoms with Crippen molar-refractivity contribution in [2.75, 3.05) is 0 Å². The van der Waals surface area contributed by atoms with Gasteiger partial charge in [-0.15, -0.1) is 0 Å². The maximum Gasteiger partial charge on any atom is 0.130 e. The minimum Gasteiger partial charge on any atom is -0.382 e. The van der Waals surface area contributed by atoms with Crippen LogP contribution in [0.5, 0.6) is 0 Å². The zero-order chi connectivity index (χ0) is 13.7. The zero-order valence-corrected chi connectivity index (χ0v) is 11.7. The van der Waals surface area contributed by atoms with Gasteiger partial charge in [0.1, 0.15) is 18.7 Å². The van der Waals surface area contributed by atoms with E-state index in [0.29, 0.717) is 0 Å². The molecule has 3 heteroatoms. The van der Waals surface area contributed by atoms with Crippen LogP contribution in [0.4, 0.5) is 0 Å². The molecule has 0 aliphatic carbocycles. The summed E-state index contributed by atoms with van der Waals surface area (Å²) in [7, 11) is 0. The van der Waals surface area contributed by atoms with Gasteiger partial charge in [-0.1, -0.05) is 60.1 Å². The lowest BCUT2D eigenvalue weighted by atomic mass is 10.0. The van der Waals surface area contributed by atoms with Crippen LogP contribution in [0.25, 0.3) is 0 Å². The molecule has 0 aliphatic rings. The molecule has 19 heavy (non-hydrogen) atoms. The Kier molecular flexibility index (Phi) is 4.97. The van der Waals surface area contributed by atoms with Crippen molar-refractivity contribution in [3.63, 3.8) is 0 Å². The molecular weight excluding hydrogens is 258 g/mol. The molecule has 0 radical (unpaired) electrons. The van der Waals surface area contributed by atoms with Gasteiger partial charge in [0.25, 0.3) is 0 Å². The van der Waals surface area contributed by atoms with E-state index in [1.807, 2.05) is 61.5 Å². The van der Waals surface area contributed by atoms with E-state index in [1.54, 1.807) is 0 Å². The maximum absolute atomic E-state index is 10.3. The molecule has 100 valence electrons. The number of halogens is 1. The number of rotatable bonds is 5. The van der Waals surface area contributed by atoms with E-state index in [0.717, 1.165) is 22.7 Å². The van der Waals surface area contributed by atoms with E-state index in [4.69, 9.17) is 11.6 Å². The first-order valence-electron chi connectivity index (χ1n) is 6.48. The van der Waals surface area contributed by atoms with Crippen molar-refractivity contribution < 1.29 is 10.4 Å². The SMILES string of the molecule is C[C@H]([NH2+]Cc1ccccc1Cl)[C@H](O)c1ccccc1. The van der Waals surface area contributed by atoms with Gasteiger partial charge in [-0.05, 0) is 18.6 Å². The minimum absolute atomic E-state index is 0.0821. The summed E-state index contributed by atoms with van der Waals surface area (Å²) < 4.78 is 0. The second kappa shape index (κ2) is 6.71. The molecular formula is C16H19ClNO+. The molecule has 2 rings (SSSR count). The van der Waals surface area contributed by atoms with Crippen LogP contribution < -0.4 is 5.32 Å². The van der Waals surface area contributed by atoms with Crippen LogP contribution in [-0.2, 0) is 6.54 Å². The summed E-state index contributed by atoms with van der Waals surface area (Å²) in [5.74, 6) is 0. The lowest BCUT2D eigenvalue weighted by Gasteiger charge is -2.18. The van der Waals surface area contributed by atoms with E-state index in [1.165, 1.54) is 0 Å². The van der Waals surface area contributed by atoms with Gasteiger partial charge >= 0.3 is 0 Å². The van der Waals surface area contributed by atoms with Crippen molar-refractivity contribution in [3.05, 3.63) is 70.7 Å². The highest BCUT2D eigenvalue weighted by molar-refractivity contribution is 6.31. The number of nitrogens with two attached hydrogens (primary N) is 1. The number of benzene rings is 2. The highest BCUT2D eigenvalue weighted by atomic mass is 35.5. The van der Waals surface area contributed by atoms with Gasteiger partial charge in [-0.3, -0.25) is 0 Å². The molecule has 2 atom stereocenters. The van der Waals surface area contributed by atoms with Gasteiger partial charge in [0, 0.05) is 10.6 Å². The van der Waals surface area contributed by atoms with E-state index < -0.39 is 6.10 Å². The Morgan fingerprint density at radius 2 is 1.68 bits per heavy atom. The third kappa shape index (κ3) is 3.80. The van der Waals surface area contributed by atoms with Crippen molar-refractivity contribution in [1.82, 2.24) is 0 Å². The second-order valence-electron chi connectivity index (χ2n) is 4.75. The Bertz CT molecular complexity index is 515. The van der Waals surface area contributed by atoms with Crippen molar-refractivity contribution in [2.45, 2.75) is 25.6 Å². The summed E-state index contributed by atoms with van der Waals surface area (Å²) in [4.78, 5) is 0. The van der Waals surface area contributed by atoms with Gasteiger partial charge in [-0.25, -0.2) is 0 Å². The van der Waals surface area contributed by atoms with Crippen molar-refractivity contribution in [1.29, 1.82) is 0 Å². The second-order valence-corrected chi connectivity index (χ2v) is 5.15. The fourth-order valence-electron chi connectivity index (χ4n) is 2.06. The van der Waals surface area contributed by atoms with Crippen molar-refractivity contribution >= 4 is 11.6 Å². The lowest BCUT2D eigenvalue weighted by Crippen LogP contribution is -2.89. The third-order valence-electron chi connectivity index (χ3n) is 3.31. The topological polar surface area (TPSA) is 36.8 Å². The molecule has 0 bridgehead atoms. The Morgan fingerprint density at radius 3 is 2.37 bits per heavy atom. The Morgan fingerprint density at radius 1 is 1.05 bits per heavy atom. The minimum atomic E-state index is -0.469. The van der Waals surface area contributed by atoms with Crippen LogP contribution in [-0.4, -0.2) is 11.1 Å². The third-order valence-corrected chi connectivity index (χ3v) is 3.68. The molecule has 0 amide bonds. The van der Waals surface area contributed by atoms with Crippen LogP contribution in [0.2, 0.25) is 5.02 Å². The molecule has 0 spiro atoms. The Hall–Kier alpha value is -1.35. The standard InChI is InChI=1S/C16H18ClNO/c1-12(16(19)13-7-3-2-4-8-13)18-11-14-9-5-6-10-15(14)17/h2-10,12,16,18-19H,11H2,1H3/p+1/t12-,16-/m0/s1. The van der Waals surface area contributed by atoms with Crippen LogP contribution in [0.15, 0.2) is 54.6 Å². The fourth-order valence-corrected chi connectivity index (χ4v) is 2.27. The van der Waals surface area contributed by atoms with Gasteiger partial charge in [0.15, 0.2) is 0 Å². The number of hydrogen-bond donors (Lipinski definition) is 2. The van der Waals surface area contributed by atoms with Gasteiger partial charge in [0.05, 0.1) is 0 Å². The molecule has 0 saturated heterocycles. The largest absolute Gasteiger partial charge is 0.382 e. The summed E-state index contributed by atoms with van der Waals surface area (Å²) >= 11 is 6.12. The first-order valence-corrected chi connectivity index (χ1v) is 6.86. The van der Waals surface area contributed by atoms with Crippen LogP contribution in [0, 0.1) is 0 Å². The van der Waals surface area contributed by atoms with Crippen LogP contribution in [0.3, 0.4) is 0 Å². The zero-order valence-electron chi connectivity index (χ0n) is 11.0. The molecule has 0 heterocycles. The predicted molar refractivity (Wildman–Crippen MR) is 77.9 cm³/mol. The van der Waals surface area contributed by atoms with Gasteiger partial charge in [0.2, 0.25) is 0 Å². The Labute approximate surface area is 119 Å². The first kappa shape index (κ1) is 14.1. The maximum atomic E-state index is 10.3. The van der Waals surface area contributed by atoms with Gasteiger partial charge in [-0.2, -0.15) is 0 Å². The molecule has 2 nitrogen and oxygen atoms in total. The summed E-state index contributed by atoms with van der Waals surface area (Å²) in [5, 5.41) is 13.2. The summed E-state index contributed by atoms with van der Waals surface area (Å²) in [6.45, 7) is 2.79. The van der Waals surface area contributed by atoms with E-state index in [-0.39, 0.29) is 6.04 Å². The summed E-state index contributed by atoms with van der Waals surface area (Å²) in [6.07, 6.45) is -0.469. The molecule has 0 aliphatic heterocycles. The van der Waals surface area contributed by atoms with E-state index in [2.05, 4.69) is 5.32 Å².